The van der Waals surface area contributed by atoms with Crippen LogP contribution in [-0.2, 0) is 14.3 Å². The fourth-order valence-electron chi connectivity index (χ4n) is 1.18. The molecule has 2 atom stereocenters. The third-order valence-corrected chi connectivity index (χ3v) is 1.82. The van der Waals surface area contributed by atoms with Crippen molar-refractivity contribution in [2.24, 2.45) is 0 Å². The number of carbonyl (C=O) groups is 2. The Bertz CT molecular complexity index is 325. The van der Waals surface area contributed by atoms with Gasteiger partial charge in [-0.3, -0.25) is 0 Å². The number of aliphatic hydroxyl groups is 1. The minimum absolute atomic E-state index is 0.679. The first kappa shape index (κ1) is 17.7. The third kappa shape index (κ3) is 8.42. The molecule has 0 aromatic carbocycles. The van der Waals surface area contributed by atoms with Crippen molar-refractivity contribution in [2.75, 3.05) is 0 Å². The lowest BCUT2D eigenvalue weighted by Crippen LogP contribution is -2.51. The average Bonchev–Trinajstić information content (AvgIpc) is 2.07. The van der Waals surface area contributed by atoms with Crippen molar-refractivity contribution in [1.29, 1.82) is 0 Å². The molecule has 6 nitrogen and oxygen atoms in total. The summed E-state index contributed by atoms with van der Waals surface area (Å²) in [4.78, 5) is 23.4. The molecule has 0 unspecified atom stereocenters. The minimum atomic E-state index is -1.16. The van der Waals surface area contributed by atoms with E-state index in [1.165, 1.54) is 6.92 Å². The highest BCUT2D eigenvalue weighted by molar-refractivity contribution is 5.82. The van der Waals surface area contributed by atoms with E-state index in [2.05, 4.69) is 5.32 Å². The molecule has 19 heavy (non-hydrogen) atoms. The monoisotopic (exact) mass is 275 g/mol. The van der Waals surface area contributed by atoms with Gasteiger partial charge < -0.3 is 19.9 Å². The van der Waals surface area contributed by atoms with Crippen LogP contribution in [0.4, 0.5) is 4.79 Å². The fraction of sp³-hybridized carbons (Fsp3) is 0.846. The van der Waals surface area contributed by atoms with Crippen molar-refractivity contribution < 1.29 is 24.2 Å². The highest BCUT2D eigenvalue weighted by atomic mass is 16.6. The molecular formula is C13H25NO5. The van der Waals surface area contributed by atoms with Gasteiger partial charge in [-0.2, -0.15) is 0 Å². The Morgan fingerprint density at radius 2 is 1.42 bits per heavy atom. The van der Waals surface area contributed by atoms with Gasteiger partial charge in [0.15, 0.2) is 6.04 Å². The summed E-state index contributed by atoms with van der Waals surface area (Å²) < 4.78 is 10.2. The van der Waals surface area contributed by atoms with Crippen LogP contribution in [0, 0.1) is 0 Å². The summed E-state index contributed by atoms with van der Waals surface area (Å²) in [5.41, 5.74) is -1.37. The van der Waals surface area contributed by atoms with Gasteiger partial charge in [-0.25, -0.2) is 9.59 Å². The molecule has 1 amide bonds. The maximum Gasteiger partial charge on any atom is 0.408 e. The molecule has 0 aliphatic rings. The number of esters is 1. The zero-order chi connectivity index (χ0) is 15.4. The molecule has 0 rings (SSSR count). The number of rotatable bonds is 3. The first-order chi connectivity index (χ1) is 8.32. The van der Waals surface area contributed by atoms with Gasteiger partial charge in [0.1, 0.15) is 11.2 Å². The lowest BCUT2D eigenvalue weighted by molar-refractivity contribution is -0.160. The normalized spacial score (nSPS) is 15.4. The minimum Gasteiger partial charge on any atom is -0.458 e. The Labute approximate surface area is 114 Å². The molecule has 0 aliphatic heterocycles. The van der Waals surface area contributed by atoms with E-state index in [-0.39, 0.29) is 0 Å². The summed E-state index contributed by atoms with van der Waals surface area (Å²) in [6.45, 7) is 11.6. The van der Waals surface area contributed by atoms with Crippen LogP contribution in [-0.4, -0.2) is 40.5 Å². The number of carbonyl (C=O) groups excluding carboxylic acids is 2. The van der Waals surface area contributed by atoms with E-state index in [0.717, 1.165) is 0 Å². The van der Waals surface area contributed by atoms with Gasteiger partial charge in [-0.1, -0.05) is 0 Å². The van der Waals surface area contributed by atoms with Crippen LogP contribution in [0.5, 0.6) is 0 Å². The molecule has 0 aromatic rings. The molecule has 0 heterocycles. The molecule has 0 bridgehead atoms. The largest absolute Gasteiger partial charge is 0.458 e. The van der Waals surface area contributed by atoms with Gasteiger partial charge in [0.05, 0.1) is 6.10 Å². The number of hydrogen-bond acceptors (Lipinski definition) is 5. The van der Waals surface area contributed by atoms with Gasteiger partial charge in [-0.05, 0) is 48.5 Å². The maximum atomic E-state index is 11.8. The van der Waals surface area contributed by atoms with Crippen molar-refractivity contribution in [3.05, 3.63) is 0 Å². The van der Waals surface area contributed by atoms with Crippen molar-refractivity contribution in [1.82, 2.24) is 5.32 Å². The van der Waals surface area contributed by atoms with Gasteiger partial charge in [0.25, 0.3) is 0 Å². The second-order valence-electron chi connectivity index (χ2n) is 6.40. The summed E-state index contributed by atoms with van der Waals surface area (Å²) in [6, 6.07) is -1.16. The number of aliphatic hydroxyl groups excluding tert-OH is 1. The maximum absolute atomic E-state index is 11.8. The lowest BCUT2D eigenvalue weighted by Gasteiger charge is -2.27. The van der Waals surface area contributed by atoms with Crippen LogP contribution in [0.1, 0.15) is 48.5 Å². The Kier molecular flexibility index (Phi) is 5.81. The predicted octanol–water partition coefficient (Wildman–Crippen LogP) is 1.60. The first-order valence-corrected chi connectivity index (χ1v) is 6.22. The van der Waals surface area contributed by atoms with E-state index in [4.69, 9.17) is 9.47 Å². The molecule has 0 aromatic heterocycles. The Morgan fingerprint density at radius 1 is 1.00 bits per heavy atom. The van der Waals surface area contributed by atoms with Crippen molar-refractivity contribution in [2.45, 2.75) is 71.8 Å². The van der Waals surface area contributed by atoms with Crippen LogP contribution in [0.15, 0.2) is 0 Å². The van der Waals surface area contributed by atoms with Crippen LogP contribution in [0.2, 0.25) is 0 Å². The summed E-state index contributed by atoms with van der Waals surface area (Å²) in [7, 11) is 0. The molecule has 0 saturated carbocycles. The molecule has 0 aliphatic carbocycles. The standard InChI is InChI=1S/C13H25NO5/c1-8(15)9(10(16)18-12(2,3)4)14-11(17)19-13(5,6)7/h8-9,15H,1-7H3,(H,14,17)/t8-,9-/m0/s1. The van der Waals surface area contributed by atoms with Crippen LogP contribution >= 0.6 is 0 Å². The van der Waals surface area contributed by atoms with Crippen LogP contribution in [0.25, 0.3) is 0 Å². The number of ether oxygens (including phenoxy) is 2. The van der Waals surface area contributed by atoms with Crippen LogP contribution < -0.4 is 5.32 Å². The Hall–Kier alpha value is -1.30. The number of amides is 1. The average molecular weight is 275 g/mol. The smallest absolute Gasteiger partial charge is 0.408 e. The first-order valence-electron chi connectivity index (χ1n) is 6.22. The van der Waals surface area contributed by atoms with E-state index >= 15 is 0 Å². The quantitative estimate of drug-likeness (QED) is 0.764. The van der Waals surface area contributed by atoms with Crippen molar-refractivity contribution >= 4 is 12.1 Å². The number of hydrogen-bond donors (Lipinski definition) is 2. The van der Waals surface area contributed by atoms with E-state index in [9.17, 15) is 14.7 Å². The van der Waals surface area contributed by atoms with E-state index < -0.39 is 35.4 Å². The molecule has 0 fully saturated rings. The predicted molar refractivity (Wildman–Crippen MR) is 70.7 cm³/mol. The summed E-state index contributed by atoms with van der Waals surface area (Å²) in [5, 5.41) is 11.9. The molecule has 0 spiro atoms. The van der Waals surface area contributed by atoms with E-state index in [0.29, 0.717) is 0 Å². The van der Waals surface area contributed by atoms with Gasteiger partial charge in [-0.15, -0.1) is 0 Å². The molecule has 6 heteroatoms. The summed E-state index contributed by atoms with van der Waals surface area (Å²) in [6.07, 6.45) is -1.85. The summed E-state index contributed by atoms with van der Waals surface area (Å²) in [5.74, 6) is -0.701. The topological polar surface area (TPSA) is 84.9 Å². The van der Waals surface area contributed by atoms with Crippen molar-refractivity contribution in [3.63, 3.8) is 0 Å². The molecule has 2 N–H and O–H groups in total. The fourth-order valence-corrected chi connectivity index (χ4v) is 1.18. The molecule has 112 valence electrons. The zero-order valence-electron chi connectivity index (χ0n) is 12.7. The highest BCUT2D eigenvalue weighted by Crippen LogP contribution is 2.11. The van der Waals surface area contributed by atoms with E-state index in [1.54, 1.807) is 41.5 Å². The molecule has 0 radical (unpaired) electrons. The number of alkyl carbamates (subject to hydrolysis) is 1. The SMILES string of the molecule is C[C@H](O)[C@H](NC(=O)OC(C)(C)C)C(=O)OC(C)(C)C. The summed E-state index contributed by atoms with van der Waals surface area (Å²) >= 11 is 0. The second-order valence-corrected chi connectivity index (χ2v) is 6.40. The van der Waals surface area contributed by atoms with Crippen LogP contribution in [0.3, 0.4) is 0 Å². The third-order valence-electron chi connectivity index (χ3n) is 1.82. The Morgan fingerprint density at radius 3 is 1.74 bits per heavy atom. The lowest BCUT2D eigenvalue weighted by atomic mass is 10.1. The van der Waals surface area contributed by atoms with E-state index in [1.807, 2.05) is 0 Å². The van der Waals surface area contributed by atoms with Gasteiger partial charge in [0.2, 0.25) is 0 Å². The molecular weight excluding hydrogens is 250 g/mol. The van der Waals surface area contributed by atoms with Crippen molar-refractivity contribution in [3.8, 4) is 0 Å². The Balaban J connectivity index is 4.67. The molecule has 0 saturated heterocycles. The van der Waals surface area contributed by atoms with Gasteiger partial charge >= 0.3 is 12.1 Å². The van der Waals surface area contributed by atoms with Gasteiger partial charge in [0, 0.05) is 0 Å². The number of nitrogens with one attached hydrogen (secondary N) is 1. The zero-order valence-corrected chi connectivity index (χ0v) is 12.7. The second kappa shape index (κ2) is 6.23. The highest BCUT2D eigenvalue weighted by Gasteiger charge is 2.31.